The monoisotopic (exact) mass is 306 g/mol. The summed E-state index contributed by atoms with van der Waals surface area (Å²) in [5.74, 6) is -1.14. The van der Waals surface area contributed by atoms with Gasteiger partial charge in [0.25, 0.3) is 0 Å². The Labute approximate surface area is 119 Å². The molecule has 0 aromatic rings. The van der Waals surface area contributed by atoms with E-state index in [-0.39, 0.29) is 30.7 Å². The van der Waals surface area contributed by atoms with Crippen LogP contribution in [0.5, 0.6) is 0 Å². The van der Waals surface area contributed by atoms with Crippen molar-refractivity contribution >= 4 is 21.9 Å². The van der Waals surface area contributed by atoms with Crippen LogP contribution in [0.1, 0.15) is 39.0 Å². The Balaban J connectivity index is 2.43. The van der Waals surface area contributed by atoms with Crippen LogP contribution < -0.4 is 4.72 Å². The Morgan fingerprint density at radius 2 is 2.05 bits per heavy atom. The molecular formula is C12H22N2O5S. The third-order valence-corrected chi connectivity index (χ3v) is 4.83. The van der Waals surface area contributed by atoms with Crippen LogP contribution in [0.2, 0.25) is 0 Å². The predicted octanol–water partition coefficient (Wildman–Crippen LogP) is 0.172. The van der Waals surface area contributed by atoms with E-state index in [4.69, 9.17) is 5.11 Å². The molecule has 8 heteroatoms. The number of carbonyl (C=O) groups is 2. The van der Waals surface area contributed by atoms with Gasteiger partial charge in [0, 0.05) is 26.1 Å². The maximum absolute atomic E-state index is 11.7. The number of aliphatic carboxylic acids is 1. The highest BCUT2D eigenvalue weighted by molar-refractivity contribution is 7.89. The number of amides is 1. The van der Waals surface area contributed by atoms with Crippen molar-refractivity contribution in [2.45, 2.75) is 45.1 Å². The highest BCUT2D eigenvalue weighted by atomic mass is 32.2. The molecule has 1 fully saturated rings. The van der Waals surface area contributed by atoms with Gasteiger partial charge in [0.15, 0.2) is 0 Å². The summed E-state index contributed by atoms with van der Waals surface area (Å²) in [6, 6.07) is -0.0303. The highest BCUT2D eigenvalue weighted by Crippen LogP contribution is 2.20. The lowest BCUT2D eigenvalue weighted by Crippen LogP contribution is -2.44. The minimum Gasteiger partial charge on any atom is -0.481 e. The second kappa shape index (κ2) is 7.58. The van der Waals surface area contributed by atoms with Gasteiger partial charge in [-0.05, 0) is 25.7 Å². The fourth-order valence-electron chi connectivity index (χ4n) is 2.39. The van der Waals surface area contributed by atoms with Gasteiger partial charge >= 0.3 is 5.97 Å². The van der Waals surface area contributed by atoms with E-state index in [0.29, 0.717) is 13.0 Å². The van der Waals surface area contributed by atoms with E-state index in [1.54, 1.807) is 4.90 Å². The van der Waals surface area contributed by atoms with Gasteiger partial charge in [-0.1, -0.05) is 0 Å². The zero-order valence-corrected chi connectivity index (χ0v) is 12.5. The SMILES string of the molecule is CC(=O)N1CCCCC1CCS(=O)(=O)NCCC(=O)O. The summed E-state index contributed by atoms with van der Waals surface area (Å²) in [5.41, 5.74) is 0. The summed E-state index contributed by atoms with van der Waals surface area (Å²) in [6.45, 7) is 2.09. The van der Waals surface area contributed by atoms with E-state index < -0.39 is 16.0 Å². The van der Waals surface area contributed by atoms with Gasteiger partial charge in [-0.3, -0.25) is 9.59 Å². The number of sulfonamides is 1. The molecule has 0 aliphatic carbocycles. The molecule has 1 rings (SSSR count). The largest absolute Gasteiger partial charge is 0.481 e. The lowest BCUT2D eigenvalue weighted by Gasteiger charge is -2.35. The second-order valence-electron chi connectivity index (χ2n) is 5.01. The number of likely N-dealkylation sites (tertiary alicyclic amines) is 1. The van der Waals surface area contributed by atoms with Crippen LogP contribution in [0, 0.1) is 0 Å². The quantitative estimate of drug-likeness (QED) is 0.698. The predicted molar refractivity (Wildman–Crippen MR) is 73.7 cm³/mol. The number of nitrogens with zero attached hydrogens (tertiary/aromatic N) is 1. The summed E-state index contributed by atoms with van der Waals surface area (Å²) < 4.78 is 25.7. The van der Waals surface area contributed by atoms with E-state index in [9.17, 15) is 18.0 Å². The van der Waals surface area contributed by atoms with Gasteiger partial charge in [0.1, 0.15) is 0 Å². The number of carboxylic acid groups (broad SMARTS) is 1. The number of nitrogens with one attached hydrogen (secondary N) is 1. The number of carboxylic acids is 1. The molecule has 7 nitrogen and oxygen atoms in total. The number of rotatable bonds is 7. The van der Waals surface area contributed by atoms with E-state index in [2.05, 4.69) is 4.72 Å². The summed E-state index contributed by atoms with van der Waals surface area (Å²) in [4.78, 5) is 23.5. The first-order chi connectivity index (χ1) is 9.32. The Morgan fingerprint density at radius 3 is 2.65 bits per heavy atom. The number of piperidine rings is 1. The Bertz CT molecular complexity index is 449. The van der Waals surface area contributed by atoms with Crippen molar-refractivity contribution in [3.63, 3.8) is 0 Å². The third-order valence-electron chi connectivity index (χ3n) is 3.41. The molecule has 0 aromatic heterocycles. The second-order valence-corrected chi connectivity index (χ2v) is 6.93. The Kier molecular flexibility index (Phi) is 6.41. The molecule has 0 aromatic carbocycles. The van der Waals surface area contributed by atoms with Gasteiger partial charge in [-0.15, -0.1) is 0 Å². The Hall–Kier alpha value is -1.15. The lowest BCUT2D eigenvalue weighted by molar-refractivity contribution is -0.137. The van der Waals surface area contributed by atoms with Crippen molar-refractivity contribution in [3.8, 4) is 0 Å². The zero-order chi connectivity index (χ0) is 15.2. The summed E-state index contributed by atoms with van der Waals surface area (Å²) in [6.07, 6.45) is 2.94. The molecule has 1 aliphatic rings. The highest BCUT2D eigenvalue weighted by Gasteiger charge is 2.25. The fraction of sp³-hybridized carbons (Fsp3) is 0.833. The minimum absolute atomic E-state index is 0.0223. The van der Waals surface area contributed by atoms with Gasteiger partial charge in [0.2, 0.25) is 15.9 Å². The van der Waals surface area contributed by atoms with Crippen molar-refractivity contribution in [1.82, 2.24) is 9.62 Å². The van der Waals surface area contributed by atoms with Crippen molar-refractivity contribution in [3.05, 3.63) is 0 Å². The van der Waals surface area contributed by atoms with Gasteiger partial charge < -0.3 is 10.0 Å². The molecule has 0 spiro atoms. The molecule has 116 valence electrons. The van der Waals surface area contributed by atoms with Crippen molar-refractivity contribution in [1.29, 1.82) is 0 Å². The molecule has 0 saturated carbocycles. The maximum Gasteiger partial charge on any atom is 0.304 e. The minimum atomic E-state index is -3.48. The van der Waals surface area contributed by atoms with Gasteiger partial charge in [-0.2, -0.15) is 0 Å². The van der Waals surface area contributed by atoms with Gasteiger partial charge in [0.05, 0.1) is 12.2 Å². The average Bonchev–Trinajstić information content (AvgIpc) is 2.36. The molecule has 1 atom stereocenters. The molecule has 0 bridgehead atoms. The molecule has 0 radical (unpaired) electrons. The van der Waals surface area contributed by atoms with Crippen LogP contribution in [0.3, 0.4) is 0 Å². The molecule has 1 amide bonds. The van der Waals surface area contributed by atoms with Crippen LogP contribution >= 0.6 is 0 Å². The van der Waals surface area contributed by atoms with Crippen molar-refractivity contribution in [2.24, 2.45) is 0 Å². The van der Waals surface area contributed by atoms with Crippen LogP contribution in [0.4, 0.5) is 0 Å². The van der Waals surface area contributed by atoms with E-state index >= 15 is 0 Å². The topological polar surface area (TPSA) is 104 Å². The molecule has 1 unspecified atom stereocenters. The average molecular weight is 306 g/mol. The smallest absolute Gasteiger partial charge is 0.304 e. The first kappa shape index (κ1) is 16.9. The Morgan fingerprint density at radius 1 is 1.35 bits per heavy atom. The first-order valence-electron chi connectivity index (χ1n) is 6.78. The van der Waals surface area contributed by atoms with E-state index in [0.717, 1.165) is 19.3 Å². The molecule has 2 N–H and O–H groups in total. The standard InChI is InChI=1S/C12H22N2O5S/c1-10(15)14-8-3-2-4-11(14)6-9-20(18,19)13-7-5-12(16)17/h11,13H,2-9H2,1H3,(H,16,17). The van der Waals surface area contributed by atoms with E-state index in [1.807, 2.05) is 0 Å². The summed E-state index contributed by atoms with van der Waals surface area (Å²) in [5, 5.41) is 8.46. The molecule has 1 aliphatic heterocycles. The first-order valence-corrected chi connectivity index (χ1v) is 8.43. The zero-order valence-electron chi connectivity index (χ0n) is 11.7. The number of carbonyl (C=O) groups excluding carboxylic acids is 1. The maximum atomic E-state index is 11.7. The molecule has 1 saturated heterocycles. The third kappa shape index (κ3) is 5.87. The van der Waals surface area contributed by atoms with Crippen LogP contribution in [-0.2, 0) is 19.6 Å². The van der Waals surface area contributed by atoms with E-state index in [1.165, 1.54) is 6.92 Å². The van der Waals surface area contributed by atoms with Crippen LogP contribution in [0.15, 0.2) is 0 Å². The van der Waals surface area contributed by atoms with Crippen LogP contribution in [-0.4, -0.2) is 55.2 Å². The molecule has 20 heavy (non-hydrogen) atoms. The summed E-state index contributed by atoms with van der Waals surface area (Å²) in [7, 11) is -3.48. The number of hydrogen-bond donors (Lipinski definition) is 2. The fourth-order valence-corrected chi connectivity index (χ4v) is 3.53. The van der Waals surface area contributed by atoms with Crippen LogP contribution in [0.25, 0.3) is 0 Å². The molecule has 1 heterocycles. The lowest BCUT2D eigenvalue weighted by atomic mass is 10.00. The van der Waals surface area contributed by atoms with Crippen molar-refractivity contribution in [2.75, 3.05) is 18.8 Å². The van der Waals surface area contributed by atoms with Crippen molar-refractivity contribution < 1.29 is 23.1 Å². The normalized spacial score (nSPS) is 19.9. The summed E-state index contributed by atoms with van der Waals surface area (Å²) >= 11 is 0. The number of hydrogen-bond acceptors (Lipinski definition) is 4. The van der Waals surface area contributed by atoms with Gasteiger partial charge in [-0.25, -0.2) is 13.1 Å². The molecular weight excluding hydrogens is 284 g/mol.